The number of fused-ring (bicyclic) bond motifs is 1. The van der Waals surface area contributed by atoms with Crippen molar-refractivity contribution in [3.63, 3.8) is 0 Å². The van der Waals surface area contributed by atoms with Gasteiger partial charge in [0.15, 0.2) is 4.96 Å². The van der Waals surface area contributed by atoms with Gasteiger partial charge in [-0.25, -0.2) is 9.37 Å². The second-order valence-corrected chi connectivity index (χ2v) is 8.03. The summed E-state index contributed by atoms with van der Waals surface area (Å²) in [6.45, 7) is 1.56. The topological polar surface area (TPSA) is 46.4 Å². The van der Waals surface area contributed by atoms with Crippen molar-refractivity contribution in [1.29, 1.82) is 0 Å². The molecule has 2 aromatic carbocycles. The number of imidazole rings is 1. The van der Waals surface area contributed by atoms with Gasteiger partial charge in [-0.2, -0.15) is 26.3 Å². The Labute approximate surface area is 185 Å². The van der Waals surface area contributed by atoms with Crippen molar-refractivity contribution in [1.82, 2.24) is 9.38 Å². The van der Waals surface area contributed by atoms with Crippen molar-refractivity contribution >= 4 is 27.9 Å². The molecule has 0 aliphatic carbocycles. The highest BCUT2D eigenvalue weighted by molar-refractivity contribution is 7.19. The normalized spacial score (nSPS) is 12.4. The number of aryl methyl sites for hydroxylation is 1. The SMILES string of the molecule is Cc1c(C(=O)Nc2cc(C(F)(F)F)cc(C(F)(F)F)c2)sc2nc(-c3ccc(F)cc3)cn12. The van der Waals surface area contributed by atoms with E-state index in [0.717, 1.165) is 11.3 Å². The smallest absolute Gasteiger partial charge is 0.321 e. The molecule has 0 aliphatic heterocycles. The molecule has 0 fully saturated rings. The van der Waals surface area contributed by atoms with E-state index in [1.165, 1.54) is 24.3 Å². The lowest BCUT2D eigenvalue weighted by atomic mass is 10.1. The molecule has 1 amide bonds. The molecule has 0 saturated heterocycles. The molecule has 0 unspecified atom stereocenters. The highest BCUT2D eigenvalue weighted by Gasteiger charge is 2.37. The summed E-state index contributed by atoms with van der Waals surface area (Å²) in [5.41, 5.74) is -2.19. The molecule has 2 heterocycles. The van der Waals surface area contributed by atoms with Crippen LogP contribution in [-0.4, -0.2) is 15.3 Å². The summed E-state index contributed by atoms with van der Waals surface area (Å²) in [6, 6.07) is 6.43. The number of halogens is 7. The first-order valence-corrected chi connectivity index (χ1v) is 10.00. The minimum Gasteiger partial charge on any atom is -0.321 e. The Hall–Kier alpha value is -3.41. The van der Waals surface area contributed by atoms with Crippen LogP contribution in [0.1, 0.15) is 26.5 Å². The second-order valence-electron chi connectivity index (χ2n) is 7.05. The lowest BCUT2D eigenvalue weighted by Crippen LogP contribution is -2.16. The Morgan fingerprint density at radius 2 is 1.55 bits per heavy atom. The number of carbonyl (C=O) groups excluding carboxylic acids is 1. The van der Waals surface area contributed by atoms with E-state index in [0.29, 0.717) is 34.0 Å². The molecule has 172 valence electrons. The van der Waals surface area contributed by atoms with Crippen LogP contribution in [0.5, 0.6) is 0 Å². The van der Waals surface area contributed by atoms with Gasteiger partial charge in [0.1, 0.15) is 10.7 Å². The molecule has 12 heteroatoms. The third-order valence-electron chi connectivity index (χ3n) is 4.75. The Morgan fingerprint density at radius 1 is 0.970 bits per heavy atom. The van der Waals surface area contributed by atoms with Crippen molar-refractivity contribution < 1.29 is 35.5 Å². The minimum atomic E-state index is -5.03. The largest absolute Gasteiger partial charge is 0.416 e. The summed E-state index contributed by atoms with van der Waals surface area (Å²) in [5, 5.41) is 2.12. The first-order valence-electron chi connectivity index (χ1n) is 9.18. The van der Waals surface area contributed by atoms with E-state index in [-0.39, 0.29) is 10.9 Å². The first-order chi connectivity index (χ1) is 15.3. The number of benzene rings is 2. The number of carbonyl (C=O) groups is 1. The van der Waals surface area contributed by atoms with Crippen LogP contribution in [0, 0.1) is 12.7 Å². The lowest BCUT2D eigenvalue weighted by Gasteiger charge is -2.14. The molecule has 4 nitrogen and oxygen atoms in total. The number of alkyl halides is 6. The predicted octanol–water partition coefficient (Wildman–Crippen LogP) is 6.80. The van der Waals surface area contributed by atoms with Crippen molar-refractivity contribution in [2.24, 2.45) is 0 Å². The molecule has 2 aromatic heterocycles. The van der Waals surface area contributed by atoms with Crippen LogP contribution >= 0.6 is 11.3 Å². The highest BCUT2D eigenvalue weighted by atomic mass is 32.1. The number of thiazole rings is 1. The maximum atomic E-state index is 13.1. The molecule has 33 heavy (non-hydrogen) atoms. The van der Waals surface area contributed by atoms with E-state index in [1.807, 2.05) is 0 Å². The van der Waals surface area contributed by atoms with Gasteiger partial charge in [0, 0.05) is 23.1 Å². The molecule has 0 spiro atoms. The Balaban J connectivity index is 1.66. The molecule has 0 aliphatic rings. The van der Waals surface area contributed by atoms with Gasteiger partial charge >= 0.3 is 12.4 Å². The summed E-state index contributed by atoms with van der Waals surface area (Å²) < 4.78 is 93.0. The fourth-order valence-electron chi connectivity index (χ4n) is 3.14. The third-order valence-corrected chi connectivity index (χ3v) is 5.90. The molecule has 0 atom stereocenters. The molecule has 4 aromatic rings. The van der Waals surface area contributed by atoms with Crippen LogP contribution in [0.3, 0.4) is 0 Å². The van der Waals surface area contributed by atoms with Crippen LogP contribution in [0.25, 0.3) is 16.2 Å². The number of aromatic nitrogens is 2. The molecule has 4 rings (SSSR count). The Kier molecular flexibility index (Phi) is 5.43. The van der Waals surface area contributed by atoms with E-state index < -0.39 is 40.9 Å². The van der Waals surface area contributed by atoms with Crippen molar-refractivity contribution in [3.8, 4) is 11.3 Å². The van der Waals surface area contributed by atoms with E-state index in [2.05, 4.69) is 10.3 Å². The fraction of sp³-hybridized carbons (Fsp3) is 0.143. The average Bonchev–Trinajstić information content (AvgIpc) is 3.26. The lowest BCUT2D eigenvalue weighted by molar-refractivity contribution is -0.143. The quantitative estimate of drug-likeness (QED) is 0.323. The summed E-state index contributed by atoms with van der Waals surface area (Å²) in [5.74, 6) is -1.29. The summed E-state index contributed by atoms with van der Waals surface area (Å²) in [7, 11) is 0. The number of hydrogen-bond acceptors (Lipinski definition) is 3. The van der Waals surface area contributed by atoms with E-state index >= 15 is 0 Å². The minimum absolute atomic E-state index is 0.0168. The zero-order valence-corrected chi connectivity index (χ0v) is 17.3. The van der Waals surface area contributed by atoms with Gasteiger partial charge in [0.25, 0.3) is 5.91 Å². The van der Waals surface area contributed by atoms with Gasteiger partial charge in [-0.3, -0.25) is 9.20 Å². The molecule has 1 N–H and O–H groups in total. The number of nitrogens with zero attached hydrogens (tertiary/aromatic N) is 2. The van der Waals surface area contributed by atoms with Gasteiger partial charge in [0.05, 0.1) is 16.8 Å². The summed E-state index contributed by atoms with van der Waals surface area (Å²) in [6.07, 6.45) is -8.47. The number of anilines is 1. The predicted molar refractivity (Wildman–Crippen MR) is 108 cm³/mol. The molecule has 0 radical (unpaired) electrons. The standard InChI is InChI=1S/C21H12F7N3OS/c1-10-17(33-19-30-16(9-31(10)19)11-2-4-14(22)5-3-11)18(32)29-15-7-12(20(23,24)25)6-13(8-15)21(26,27)28/h2-9H,1H3,(H,29,32). The maximum absolute atomic E-state index is 13.1. The van der Waals surface area contributed by atoms with Crippen molar-refractivity contribution in [2.75, 3.05) is 5.32 Å². The number of hydrogen-bond donors (Lipinski definition) is 1. The summed E-state index contributed by atoms with van der Waals surface area (Å²) >= 11 is 0.911. The summed E-state index contributed by atoms with van der Waals surface area (Å²) in [4.78, 5) is 17.5. The zero-order chi connectivity index (χ0) is 24.1. The number of amides is 1. The third kappa shape index (κ3) is 4.56. The monoisotopic (exact) mass is 487 g/mol. The van der Waals surface area contributed by atoms with Crippen LogP contribution in [0.2, 0.25) is 0 Å². The molecular formula is C21H12F7N3OS. The van der Waals surface area contributed by atoms with Crippen LogP contribution in [0.4, 0.5) is 36.4 Å². The zero-order valence-electron chi connectivity index (χ0n) is 16.5. The van der Waals surface area contributed by atoms with Crippen molar-refractivity contribution in [3.05, 3.63) is 76.2 Å². The Morgan fingerprint density at radius 3 is 2.06 bits per heavy atom. The van der Waals surface area contributed by atoms with E-state index in [9.17, 15) is 35.5 Å². The average molecular weight is 487 g/mol. The van der Waals surface area contributed by atoms with Gasteiger partial charge in [-0.1, -0.05) is 11.3 Å². The second kappa shape index (κ2) is 7.87. The van der Waals surface area contributed by atoms with Gasteiger partial charge in [0.2, 0.25) is 0 Å². The molecule has 0 bridgehead atoms. The Bertz CT molecular complexity index is 1320. The fourth-order valence-corrected chi connectivity index (χ4v) is 4.14. The molecular weight excluding hydrogens is 475 g/mol. The van der Waals surface area contributed by atoms with Crippen molar-refractivity contribution in [2.45, 2.75) is 19.3 Å². The van der Waals surface area contributed by atoms with E-state index in [4.69, 9.17) is 0 Å². The maximum Gasteiger partial charge on any atom is 0.416 e. The number of rotatable bonds is 3. The van der Waals surface area contributed by atoms with Crippen LogP contribution in [0.15, 0.2) is 48.7 Å². The van der Waals surface area contributed by atoms with Crippen LogP contribution < -0.4 is 5.32 Å². The molecule has 0 saturated carbocycles. The number of nitrogens with one attached hydrogen (secondary N) is 1. The highest BCUT2D eigenvalue weighted by Crippen LogP contribution is 2.38. The van der Waals surface area contributed by atoms with Gasteiger partial charge < -0.3 is 5.32 Å². The van der Waals surface area contributed by atoms with Gasteiger partial charge in [-0.15, -0.1) is 0 Å². The van der Waals surface area contributed by atoms with E-state index in [1.54, 1.807) is 17.5 Å². The first kappa shape index (κ1) is 22.8. The van der Waals surface area contributed by atoms with Gasteiger partial charge in [-0.05, 0) is 49.4 Å². The van der Waals surface area contributed by atoms with Crippen LogP contribution in [-0.2, 0) is 12.4 Å².